The highest BCUT2D eigenvalue weighted by molar-refractivity contribution is 7.15. The Hall–Kier alpha value is -1.08. The van der Waals surface area contributed by atoms with Gasteiger partial charge in [-0.15, -0.1) is 11.3 Å². The van der Waals surface area contributed by atoms with Crippen LogP contribution in [0.2, 0.25) is 0 Å². The van der Waals surface area contributed by atoms with Gasteiger partial charge >= 0.3 is 0 Å². The Balaban J connectivity index is 2.59. The smallest absolute Gasteiger partial charge is 0.184 e. The zero-order valence-corrected chi connectivity index (χ0v) is 8.06. The molecule has 0 aliphatic heterocycles. The van der Waals surface area contributed by atoms with Crippen LogP contribution in [0.3, 0.4) is 0 Å². The molecule has 0 N–H and O–H groups in total. The minimum absolute atomic E-state index is 0.578. The van der Waals surface area contributed by atoms with E-state index in [1.807, 2.05) is 25.2 Å². The standard InChI is InChI=1S/C8H11N3S/c1-11(2)8-10-6-7(12-8)4-3-5-9/h6H,3-4H2,1-2H3. The largest absolute Gasteiger partial charge is 0.354 e. The zero-order valence-electron chi connectivity index (χ0n) is 7.24. The van der Waals surface area contributed by atoms with Crippen LogP contribution in [0, 0.1) is 11.3 Å². The monoisotopic (exact) mass is 181 g/mol. The fourth-order valence-electron chi connectivity index (χ4n) is 0.799. The lowest BCUT2D eigenvalue weighted by molar-refractivity contribution is 1.03. The fourth-order valence-corrected chi connectivity index (χ4v) is 1.63. The maximum atomic E-state index is 8.37. The molecule has 0 amide bonds. The van der Waals surface area contributed by atoms with Crippen LogP contribution >= 0.6 is 11.3 Å². The number of hydrogen-bond acceptors (Lipinski definition) is 4. The third-order valence-corrected chi connectivity index (χ3v) is 2.63. The van der Waals surface area contributed by atoms with Crippen molar-refractivity contribution in [2.45, 2.75) is 12.8 Å². The number of aromatic nitrogens is 1. The Kier molecular flexibility index (Phi) is 3.06. The minimum Gasteiger partial charge on any atom is -0.354 e. The second-order valence-electron chi connectivity index (χ2n) is 2.66. The molecule has 0 aliphatic carbocycles. The third-order valence-electron chi connectivity index (χ3n) is 1.41. The molecule has 3 nitrogen and oxygen atoms in total. The number of thiazole rings is 1. The first-order valence-corrected chi connectivity index (χ1v) is 4.54. The summed E-state index contributed by atoms with van der Waals surface area (Å²) in [5.74, 6) is 0. The van der Waals surface area contributed by atoms with Gasteiger partial charge < -0.3 is 4.90 Å². The summed E-state index contributed by atoms with van der Waals surface area (Å²) in [6.45, 7) is 0. The molecule has 0 fully saturated rings. The predicted octanol–water partition coefficient (Wildman–Crippen LogP) is 1.67. The first kappa shape index (κ1) is 9.01. The highest BCUT2D eigenvalue weighted by Gasteiger charge is 2.02. The lowest BCUT2D eigenvalue weighted by Crippen LogP contribution is -2.07. The quantitative estimate of drug-likeness (QED) is 0.712. The van der Waals surface area contributed by atoms with Gasteiger partial charge in [-0.25, -0.2) is 4.98 Å². The highest BCUT2D eigenvalue weighted by Crippen LogP contribution is 2.21. The van der Waals surface area contributed by atoms with Crippen molar-refractivity contribution in [1.82, 2.24) is 4.98 Å². The lowest BCUT2D eigenvalue weighted by atomic mass is 10.3. The van der Waals surface area contributed by atoms with Crippen molar-refractivity contribution in [2.75, 3.05) is 19.0 Å². The summed E-state index contributed by atoms with van der Waals surface area (Å²) >= 11 is 1.64. The van der Waals surface area contributed by atoms with Gasteiger partial charge in [0.15, 0.2) is 5.13 Å². The Labute approximate surface area is 76.3 Å². The van der Waals surface area contributed by atoms with Crippen LogP contribution in [-0.2, 0) is 6.42 Å². The van der Waals surface area contributed by atoms with E-state index in [1.165, 1.54) is 4.88 Å². The second kappa shape index (κ2) is 4.07. The van der Waals surface area contributed by atoms with E-state index in [0.717, 1.165) is 11.6 Å². The van der Waals surface area contributed by atoms with E-state index >= 15 is 0 Å². The van der Waals surface area contributed by atoms with Crippen molar-refractivity contribution in [3.8, 4) is 6.07 Å². The topological polar surface area (TPSA) is 39.9 Å². The van der Waals surface area contributed by atoms with Gasteiger partial charge in [0, 0.05) is 31.6 Å². The van der Waals surface area contributed by atoms with Gasteiger partial charge in [-0.05, 0) is 6.42 Å². The van der Waals surface area contributed by atoms with Crippen molar-refractivity contribution in [3.05, 3.63) is 11.1 Å². The van der Waals surface area contributed by atoms with Crippen molar-refractivity contribution in [3.63, 3.8) is 0 Å². The Morgan fingerprint density at radius 2 is 2.42 bits per heavy atom. The first-order chi connectivity index (χ1) is 5.74. The van der Waals surface area contributed by atoms with Crippen molar-refractivity contribution >= 4 is 16.5 Å². The zero-order chi connectivity index (χ0) is 8.97. The number of rotatable bonds is 3. The molecule has 0 aliphatic rings. The van der Waals surface area contributed by atoms with E-state index in [1.54, 1.807) is 11.3 Å². The third kappa shape index (κ3) is 2.21. The molecule has 0 spiro atoms. The number of aryl methyl sites for hydroxylation is 1. The van der Waals surface area contributed by atoms with E-state index in [2.05, 4.69) is 11.1 Å². The van der Waals surface area contributed by atoms with Crippen LogP contribution in [0.4, 0.5) is 5.13 Å². The summed E-state index contributed by atoms with van der Waals surface area (Å²) < 4.78 is 0. The van der Waals surface area contributed by atoms with Gasteiger partial charge in [0.05, 0.1) is 6.07 Å². The summed E-state index contributed by atoms with van der Waals surface area (Å²) in [6.07, 6.45) is 3.24. The minimum atomic E-state index is 0.578. The van der Waals surface area contributed by atoms with Crippen LogP contribution < -0.4 is 4.90 Å². The summed E-state index contributed by atoms with van der Waals surface area (Å²) in [7, 11) is 3.93. The van der Waals surface area contributed by atoms with Gasteiger partial charge in [0.2, 0.25) is 0 Å². The molecule has 0 atom stereocenters. The van der Waals surface area contributed by atoms with Crippen molar-refractivity contribution < 1.29 is 0 Å². The number of anilines is 1. The molecule has 0 saturated heterocycles. The Morgan fingerprint density at radius 3 is 2.92 bits per heavy atom. The molecule has 1 heterocycles. The molecule has 1 rings (SSSR count). The summed E-state index contributed by atoms with van der Waals surface area (Å²) in [5, 5.41) is 9.37. The second-order valence-corrected chi connectivity index (χ2v) is 3.76. The molecule has 12 heavy (non-hydrogen) atoms. The summed E-state index contributed by atoms with van der Waals surface area (Å²) in [4.78, 5) is 7.36. The van der Waals surface area contributed by atoms with Crippen LogP contribution in [-0.4, -0.2) is 19.1 Å². The number of nitriles is 1. The number of nitrogens with zero attached hydrogens (tertiary/aromatic N) is 3. The molecule has 1 aromatic heterocycles. The van der Waals surface area contributed by atoms with Gasteiger partial charge in [-0.3, -0.25) is 0 Å². The molecule has 1 aromatic rings. The summed E-state index contributed by atoms with van der Waals surface area (Å²) in [6, 6.07) is 2.12. The molecule has 64 valence electrons. The van der Waals surface area contributed by atoms with Gasteiger partial charge in [-0.2, -0.15) is 5.26 Å². The molecular formula is C8H11N3S. The molecule has 4 heteroatoms. The van der Waals surface area contributed by atoms with E-state index in [4.69, 9.17) is 5.26 Å². The maximum Gasteiger partial charge on any atom is 0.184 e. The van der Waals surface area contributed by atoms with Crippen LogP contribution in [0.15, 0.2) is 6.20 Å². The highest BCUT2D eigenvalue weighted by atomic mass is 32.1. The van der Waals surface area contributed by atoms with Gasteiger partial charge in [-0.1, -0.05) is 0 Å². The molecule has 0 aromatic carbocycles. The van der Waals surface area contributed by atoms with Crippen molar-refractivity contribution in [2.24, 2.45) is 0 Å². The molecule has 0 bridgehead atoms. The lowest BCUT2D eigenvalue weighted by Gasteiger charge is -2.04. The van der Waals surface area contributed by atoms with Gasteiger partial charge in [0.25, 0.3) is 0 Å². The van der Waals surface area contributed by atoms with Crippen LogP contribution in [0.1, 0.15) is 11.3 Å². The van der Waals surface area contributed by atoms with Crippen molar-refractivity contribution in [1.29, 1.82) is 5.26 Å². The van der Waals surface area contributed by atoms with Crippen LogP contribution in [0.25, 0.3) is 0 Å². The van der Waals surface area contributed by atoms with E-state index < -0.39 is 0 Å². The Bertz CT molecular complexity index is 285. The molecule has 0 saturated carbocycles. The average molecular weight is 181 g/mol. The maximum absolute atomic E-state index is 8.37. The molecule has 0 radical (unpaired) electrons. The first-order valence-electron chi connectivity index (χ1n) is 3.73. The van der Waals surface area contributed by atoms with E-state index in [-0.39, 0.29) is 0 Å². The Morgan fingerprint density at radius 1 is 1.67 bits per heavy atom. The fraction of sp³-hybridized carbons (Fsp3) is 0.500. The predicted molar refractivity (Wildman–Crippen MR) is 50.4 cm³/mol. The summed E-state index contributed by atoms with van der Waals surface area (Å²) in [5.41, 5.74) is 0. The van der Waals surface area contributed by atoms with E-state index in [0.29, 0.717) is 6.42 Å². The van der Waals surface area contributed by atoms with Crippen LogP contribution in [0.5, 0.6) is 0 Å². The number of hydrogen-bond donors (Lipinski definition) is 0. The molecule has 0 unspecified atom stereocenters. The average Bonchev–Trinajstić information content (AvgIpc) is 2.48. The SMILES string of the molecule is CN(C)c1ncc(CCC#N)s1. The molecular weight excluding hydrogens is 170 g/mol. The normalized spacial score (nSPS) is 9.42. The van der Waals surface area contributed by atoms with Gasteiger partial charge in [0.1, 0.15) is 0 Å². The van der Waals surface area contributed by atoms with E-state index in [9.17, 15) is 0 Å².